The number of aliphatic hydroxyl groups excluding tert-OH is 1. The first-order valence-electron chi connectivity index (χ1n) is 12.4. The number of esters is 1. The van der Waals surface area contributed by atoms with Crippen LogP contribution in [0.4, 0.5) is 4.39 Å². The molecule has 8 heteroatoms. The molecule has 9 atom stereocenters. The Hall–Kier alpha value is -1.64. The molecular weight excluding hydrogens is 443 g/mol. The van der Waals surface area contributed by atoms with Crippen LogP contribution in [0.15, 0.2) is 11.6 Å². The number of ether oxygens (including phenoxy) is 3. The van der Waals surface area contributed by atoms with Gasteiger partial charge in [0.2, 0.25) is 5.78 Å². The number of Topliss-reactive ketones (excluding diaryl/α,β-unsaturated/α-hetero) is 1. The molecule has 1 aliphatic heterocycles. The molecule has 5 aliphatic rings. The highest BCUT2D eigenvalue weighted by Gasteiger charge is 2.77. The van der Waals surface area contributed by atoms with E-state index in [2.05, 4.69) is 0 Å². The Morgan fingerprint density at radius 3 is 2.62 bits per heavy atom. The number of carbonyl (C=O) groups excluding carboxylic acids is 3. The minimum atomic E-state index is -1.39. The van der Waals surface area contributed by atoms with Crippen LogP contribution in [0, 0.1) is 28.6 Å². The highest BCUT2D eigenvalue weighted by molar-refractivity contribution is 5.93. The molecule has 4 fully saturated rings. The number of hydrogen-bond donors (Lipinski definition) is 1. The van der Waals surface area contributed by atoms with E-state index in [4.69, 9.17) is 14.2 Å². The second-order valence-electron chi connectivity index (χ2n) is 12.0. The zero-order valence-electron chi connectivity index (χ0n) is 20.6. The molecule has 3 saturated carbocycles. The number of ketones is 2. The first-order valence-corrected chi connectivity index (χ1v) is 12.4. The third-order valence-electron chi connectivity index (χ3n) is 9.69. The zero-order valence-corrected chi connectivity index (χ0v) is 20.6. The fourth-order valence-corrected chi connectivity index (χ4v) is 8.56. The van der Waals surface area contributed by atoms with Crippen LogP contribution in [0.5, 0.6) is 0 Å². The van der Waals surface area contributed by atoms with E-state index in [1.54, 1.807) is 13.8 Å². The fourth-order valence-electron chi connectivity index (χ4n) is 8.56. The molecule has 34 heavy (non-hydrogen) atoms. The van der Waals surface area contributed by atoms with E-state index in [0.717, 1.165) is 0 Å². The van der Waals surface area contributed by atoms with Crippen molar-refractivity contribution in [2.75, 3.05) is 6.61 Å². The van der Waals surface area contributed by atoms with Crippen LogP contribution in [-0.2, 0) is 28.6 Å². The van der Waals surface area contributed by atoms with E-state index < -0.39 is 53.2 Å². The standard InChI is InChI=1S/C26H35FO7/c1-13(28)32-12-20(31)26-21(33-23(2,3)34-26)10-16-15-9-18(27)17-8-14(29)6-7-24(17,4)22(15)19(30)11-25(16,26)5/h8,15-16,18-19,21-22,30H,6-7,9-12H2,1-5H3/t15?,16?,18-,19+,21+,22?,24-,25-,26+/m0/s1. The van der Waals surface area contributed by atoms with Crippen LogP contribution in [-0.4, -0.2) is 59.0 Å². The number of aliphatic hydroxyl groups is 1. The van der Waals surface area contributed by atoms with Gasteiger partial charge in [0, 0.05) is 18.8 Å². The van der Waals surface area contributed by atoms with E-state index in [-0.39, 0.29) is 42.2 Å². The van der Waals surface area contributed by atoms with E-state index in [1.807, 2.05) is 13.8 Å². The first kappa shape index (κ1) is 24.1. The minimum Gasteiger partial charge on any atom is -0.458 e. The Kier molecular flexibility index (Phi) is 5.26. The largest absolute Gasteiger partial charge is 0.458 e. The molecule has 0 aromatic rings. The van der Waals surface area contributed by atoms with Gasteiger partial charge in [-0.25, -0.2) is 4.39 Å². The molecule has 0 radical (unpaired) electrons. The van der Waals surface area contributed by atoms with Crippen molar-refractivity contribution in [2.45, 2.75) is 96.5 Å². The lowest BCUT2D eigenvalue weighted by molar-refractivity contribution is -0.229. The predicted octanol–water partition coefficient (Wildman–Crippen LogP) is 3.07. The van der Waals surface area contributed by atoms with Gasteiger partial charge in [0.15, 0.2) is 23.8 Å². The predicted molar refractivity (Wildman–Crippen MR) is 118 cm³/mol. The van der Waals surface area contributed by atoms with Crippen LogP contribution < -0.4 is 0 Å². The summed E-state index contributed by atoms with van der Waals surface area (Å²) in [7, 11) is 0. The maximum atomic E-state index is 15.6. The molecule has 1 N–H and O–H groups in total. The lowest BCUT2D eigenvalue weighted by atomic mass is 9.45. The Balaban J connectivity index is 1.57. The monoisotopic (exact) mass is 478 g/mol. The van der Waals surface area contributed by atoms with Gasteiger partial charge in [0.05, 0.1) is 12.2 Å². The summed E-state index contributed by atoms with van der Waals surface area (Å²) in [5, 5.41) is 11.6. The second-order valence-corrected chi connectivity index (χ2v) is 12.0. The lowest BCUT2D eigenvalue weighted by Crippen LogP contribution is -2.65. The minimum absolute atomic E-state index is 0.0573. The van der Waals surface area contributed by atoms with E-state index in [1.165, 1.54) is 13.0 Å². The lowest BCUT2D eigenvalue weighted by Gasteiger charge is -2.61. The first-order chi connectivity index (χ1) is 15.7. The third-order valence-corrected chi connectivity index (χ3v) is 9.69. The highest BCUT2D eigenvalue weighted by Crippen LogP contribution is 2.70. The van der Waals surface area contributed by atoms with Gasteiger partial charge in [-0.3, -0.25) is 14.4 Å². The summed E-state index contributed by atoms with van der Waals surface area (Å²) in [6.07, 6.45) is 0.657. The van der Waals surface area contributed by atoms with Crippen molar-refractivity contribution >= 4 is 17.5 Å². The maximum absolute atomic E-state index is 15.6. The average Bonchev–Trinajstić information content (AvgIpc) is 3.13. The molecule has 0 aromatic carbocycles. The topological polar surface area (TPSA) is 99.1 Å². The molecule has 5 rings (SSSR count). The normalized spacial score (nSPS) is 48.8. The van der Waals surface area contributed by atoms with Crippen LogP contribution in [0.1, 0.15) is 66.7 Å². The van der Waals surface area contributed by atoms with E-state index in [0.29, 0.717) is 24.8 Å². The smallest absolute Gasteiger partial charge is 0.303 e. The van der Waals surface area contributed by atoms with E-state index >= 15 is 4.39 Å². The van der Waals surface area contributed by atoms with Crippen LogP contribution in [0.2, 0.25) is 0 Å². The summed E-state index contributed by atoms with van der Waals surface area (Å²) < 4.78 is 33.3. The van der Waals surface area contributed by atoms with Crippen LogP contribution >= 0.6 is 0 Å². The molecule has 1 saturated heterocycles. The van der Waals surface area contributed by atoms with Gasteiger partial charge < -0.3 is 19.3 Å². The summed E-state index contributed by atoms with van der Waals surface area (Å²) in [5.74, 6) is -2.56. The maximum Gasteiger partial charge on any atom is 0.303 e. The number of halogens is 1. The van der Waals surface area contributed by atoms with Gasteiger partial charge in [-0.2, -0.15) is 0 Å². The Morgan fingerprint density at radius 1 is 1.24 bits per heavy atom. The van der Waals surface area contributed by atoms with Gasteiger partial charge in [-0.15, -0.1) is 0 Å². The SMILES string of the molecule is CC(=O)OCC(=O)[C@@]12OC(C)(C)O[C@@H]1CC1C3C[C@H](F)C4=CC(=O)CC[C@]4(C)C3[C@H](O)C[C@@]12C. The highest BCUT2D eigenvalue weighted by atomic mass is 19.1. The molecule has 0 amide bonds. The molecule has 3 unspecified atom stereocenters. The van der Waals surface area contributed by atoms with Crippen molar-refractivity contribution < 1.29 is 38.1 Å². The van der Waals surface area contributed by atoms with E-state index in [9.17, 15) is 19.5 Å². The second kappa shape index (κ2) is 7.43. The summed E-state index contributed by atoms with van der Waals surface area (Å²) >= 11 is 0. The Labute approximate surface area is 199 Å². The molecule has 0 bridgehead atoms. The number of alkyl halides is 1. The van der Waals surface area contributed by atoms with Crippen molar-refractivity contribution in [1.29, 1.82) is 0 Å². The fraction of sp³-hybridized carbons (Fsp3) is 0.808. The molecule has 7 nitrogen and oxygen atoms in total. The average molecular weight is 479 g/mol. The van der Waals surface area contributed by atoms with Gasteiger partial charge in [0.1, 0.15) is 6.17 Å². The molecule has 1 heterocycles. The van der Waals surface area contributed by atoms with Crippen LogP contribution in [0.25, 0.3) is 0 Å². The van der Waals surface area contributed by atoms with Gasteiger partial charge in [-0.05, 0) is 74.3 Å². The summed E-state index contributed by atoms with van der Waals surface area (Å²) in [4.78, 5) is 37.2. The quantitative estimate of drug-likeness (QED) is 0.623. The van der Waals surface area contributed by atoms with Crippen molar-refractivity contribution in [3.63, 3.8) is 0 Å². The zero-order chi connectivity index (χ0) is 24.8. The summed E-state index contributed by atoms with van der Waals surface area (Å²) in [6, 6.07) is 0. The van der Waals surface area contributed by atoms with Crippen molar-refractivity contribution in [2.24, 2.45) is 28.6 Å². The molecule has 0 aromatic heterocycles. The molecule has 188 valence electrons. The molecule has 0 spiro atoms. The number of allylic oxidation sites excluding steroid dienone is 1. The number of fused-ring (bicyclic) bond motifs is 7. The number of rotatable bonds is 3. The van der Waals surface area contributed by atoms with Gasteiger partial charge >= 0.3 is 5.97 Å². The number of hydrogen-bond acceptors (Lipinski definition) is 7. The van der Waals surface area contributed by atoms with Gasteiger partial charge in [-0.1, -0.05) is 13.8 Å². The van der Waals surface area contributed by atoms with Crippen molar-refractivity contribution in [3.8, 4) is 0 Å². The third kappa shape index (κ3) is 3.07. The number of carbonyl (C=O) groups is 3. The molecule has 4 aliphatic carbocycles. The Bertz CT molecular complexity index is 974. The van der Waals surface area contributed by atoms with Crippen molar-refractivity contribution in [3.05, 3.63) is 11.6 Å². The Morgan fingerprint density at radius 2 is 1.94 bits per heavy atom. The molecular formula is C26H35FO7. The summed E-state index contributed by atoms with van der Waals surface area (Å²) in [6.45, 7) is 8.24. The van der Waals surface area contributed by atoms with Gasteiger partial charge in [0.25, 0.3) is 0 Å². The van der Waals surface area contributed by atoms with Crippen LogP contribution in [0.3, 0.4) is 0 Å². The van der Waals surface area contributed by atoms with Crippen molar-refractivity contribution in [1.82, 2.24) is 0 Å². The summed E-state index contributed by atoms with van der Waals surface area (Å²) in [5.41, 5.74) is -2.32.